The van der Waals surface area contributed by atoms with Crippen LogP contribution in [0.4, 0.5) is 0 Å². The molecule has 0 aromatic rings. The molecule has 1 heterocycles. The van der Waals surface area contributed by atoms with E-state index < -0.39 is 0 Å². The van der Waals surface area contributed by atoms with Crippen LogP contribution in [0.2, 0.25) is 0 Å². The summed E-state index contributed by atoms with van der Waals surface area (Å²) in [7, 11) is 0. The van der Waals surface area contributed by atoms with E-state index in [9.17, 15) is 9.59 Å². The summed E-state index contributed by atoms with van der Waals surface area (Å²) < 4.78 is 5.83. The quantitative estimate of drug-likeness (QED) is 0.708. The number of hydrogen-bond donors (Lipinski definition) is 0. The van der Waals surface area contributed by atoms with E-state index in [0.29, 0.717) is 36.2 Å². The maximum atomic E-state index is 11.8. The summed E-state index contributed by atoms with van der Waals surface area (Å²) in [5.41, 5.74) is 0. The highest BCUT2D eigenvalue weighted by Crippen LogP contribution is 2.68. The molecule has 0 bridgehead atoms. The first-order valence-electron chi connectivity index (χ1n) is 6.91. The van der Waals surface area contributed by atoms with Crippen LogP contribution in [-0.2, 0) is 14.3 Å². The highest BCUT2D eigenvalue weighted by molar-refractivity contribution is 5.89. The molecule has 0 radical (unpaired) electrons. The van der Waals surface area contributed by atoms with Gasteiger partial charge in [-0.15, -0.1) is 0 Å². The van der Waals surface area contributed by atoms with Crippen LogP contribution in [0, 0.1) is 23.7 Å². The fourth-order valence-electron chi connectivity index (χ4n) is 3.68. The average molecular weight is 236 g/mol. The van der Waals surface area contributed by atoms with Gasteiger partial charge in [-0.05, 0) is 12.8 Å². The van der Waals surface area contributed by atoms with Crippen LogP contribution in [0.3, 0.4) is 0 Å². The topological polar surface area (TPSA) is 43.4 Å². The predicted molar refractivity (Wildman–Crippen MR) is 62.5 cm³/mol. The van der Waals surface area contributed by atoms with E-state index in [4.69, 9.17) is 4.74 Å². The average Bonchev–Trinajstić information content (AvgIpc) is 3.14. The summed E-state index contributed by atoms with van der Waals surface area (Å²) >= 11 is 0. The Morgan fingerprint density at radius 3 is 1.65 bits per heavy atom. The smallest absolute Gasteiger partial charge is 0.138 e. The van der Waals surface area contributed by atoms with Crippen LogP contribution in [0.1, 0.15) is 39.5 Å². The van der Waals surface area contributed by atoms with Gasteiger partial charge in [0.15, 0.2) is 0 Å². The van der Waals surface area contributed by atoms with Gasteiger partial charge in [-0.3, -0.25) is 9.59 Å². The molecule has 3 rings (SSSR count). The van der Waals surface area contributed by atoms with E-state index >= 15 is 0 Å². The van der Waals surface area contributed by atoms with Crippen molar-refractivity contribution >= 4 is 11.6 Å². The van der Waals surface area contributed by atoms with Crippen LogP contribution in [-0.4, -0.2) is 23.8 Å². The van der Waals surface area contributed by atoms with E-state index in [1.165, 1.54) is 0 Å². The molecule has 0 aromatic carbocycles. The molecule has 0 unspecified atom stereocenters. The van der Waals surface area contributed by atoms with Crippen molar-refractivity contribution in [2.45, 2.75) is 51.7 Å². The third-order valence-electron chi connectivity index (χ3n) is 4.51. The molecule has 3 fully saturated rings. The molecule has 0 aromatic heterocycles. The Balaban J connectivity index is 1.57. The van der Waals surface area contributed by atoms with Crippen LogP contribution >= 0.6 is 0 Å². The van der Waals surface area contributed by atoms with Crippen molar-refractivity contribution < 1.29 is 14.3 Å². The Bertz CT molecular complexity index is 328. The number of ketones is 2. The second-order valence-corrected chi connectivity index (χ2v) is 5.70. The van der Waals surface area contributed by atoms with Crippen LogP contribution < -0.4 is 0 Å². The lowest BCUT2D eigenvalue weighted by molar-refractivity contribution is -0.122. The molecule has 0 N–H and O–H groups in total. The maximum absolute atomic E-state index is 11.8. The van der Waals surface area contributed by atoms with Gasteiger partial charge >= 0.3 is 0 Å². The zero-order chi connectivity index (χ0) is 12.2. The van der Waals surface area contributed by atoms with E-state index in [1.807, 2.05) is 13.8 Å². The predicted octanol–water partition coefficient (Wildman–Crippen LogP) is 1.98. The number of Topliss-reactive ketones (excluding diaryl/α,β-unsaturated/α-hetero) is 2. The number of hydrogen-bond acceptors (Lipinski definition) is 3. The molecule has 3 nitrogen and oxygen atoms in total. The Morgan fingerprint density at radius 1 is 0.882 bits per heavy atom. The second kappa shape index (κ2) is 3.91. The zero-order valence-electron chi connectivity index (χ0n) is 10.5. The van der Waals surface area contributed by atoms with Gasteiger partial charge in [0.25, 0.3) is 0 Å². The minimum absolute atomic E-state index is 0.135. The van der Waals surface area contributed by atoms with E-state index in [1.54, 1.807) is 0 Å². The van der Waals surface area contributed by atoms with Gasteiger partial charge in [-0.1, -0.05) is 13.8 Å². The standard InChI is InChI=1S/C14H20O3/c1-3-5-7(15)9-11-12-10(8(16)6-4-2)14(12)17-13(9)11/h9-14H,3-6H2,1-2H3/t9-,10-,11+,12+,13+,14+/m1/s1. The summed E-state index contributed by atoms with van der Waals surface area (Å²) in [6.07, 6.45) is 3.53. The lowest BCUT2D eigenvalue weighted by Crippen LogP contribution is -2.11. The van der Waals surface area contributed by atoms with E-state index in [-0.39, 0.29) is 24.0 Å². The van der Waals surface area contributed by atoms with E-state index in [0.717, 1.165) is 12.8 Å². The molecular formula is C14H20O3. The molecule has 17 heavy (non-hydrogen) atoms. The first-order valence-corrected chi connectivity index (χ1v) is 6.91. The Hall–Kier alpha value is -0.700. The van der Waals surface area contributed by atoms with Crippen molar-refractivity contribution in [3.8, 4) is 0 Å². The lowest BCUT2D eigenvalue weighted by atomic mass is 10.1. The summed E-state index contributed by atoms with van der Waals surface area (Å²) in [6, 6.07) is 0. The fraction of sp³-hybridized carbons (Fsp3) is 0.857. The number of carbonyl (C=O) groups excluding carboxylic acids is 2. The molecule has 3 aliphatic rings. The Kier molecular flexibility index (Phi) is 2.62. The minimum atomic E-state index is 0.135. The molecular weight excluding hydrogens is 216 g/mol. The molecule has 0 spiro atoms. The summed E-state index contributed by atoms with van der Waals surface area (Å²) in [4.78, 5) is 23.6. The third-order valence-corrected chi connectivity index (χ3v) is 4.51. The summed E-state index contributed by atoms with van der Waals surface area (Å²) in [6.45, 7) is 4.06. The van der Waals surface area contributed by atoms with Crippen LogP contribution in [0.15, 0.2) is 0 Å². The molecule has 94 valence electrons. The monoisotopic (exact) mass is 236 g/mol. The van der Waals surface area contributed by atoms with Crippen molar-refractivity contribution in [1.82, 2.24) is 0 Å². The Morgan fingerprint density at radius 2 is 1.29 bits per heavy atom. The van der Waals surface area contributed by atoms with Gasteiger partial charge in [0.2, 0.25) is 0 Å². The summed E-state index contributed by atoms with van der Waals surface area (Å²) in [5.74, 6) is 1.77. The second-order valence-electron chi connectivity index (χ2n) is 5.70. The van der Waals surface area contributed by atoms with Gasteiger partial charge in [-0.2, -0.15) is 0 Å². The molecule has 2 saturated carbocycles. The third kappa shape index (κ3) is 1.59. The highest BCUT2D eigenvalue weighted by atomic mass is 16.5. The van der Waals surface area contributed by atoms with Gasteiger partial charge in [-0.25, -0.2) is 0 Å². The van der Waals surface area contributed by atoms with Crippen molar-refractivity contribution in [1.29, 1.82) is 0 Å². The number of fused-ring (bicyclic) bond motifs is 3. The number of ether oxygens (including phenoxy) is 1. The largest absolute Gasteiger partial charge is 0.373 e. The van der Waals surface area contributed by atoms with Crippen molar-refractivity contribution in [3.05, 3.63) is 0 Å². The molecule has 6 atom stereocenters. The van der Waals surface area contributed by atoms with Crippen molar-refractivity contribution in [3.63, 3.8) is 0 Å². The zero-order valence-corrected chi connectivity index (χ0v) is 10.5. The lowest BCUT2D eigenvalue weighted by Gasteiger charge is -2.01. The maximum Gasteiger partial charge on any atom is 0.138 e. The van der Waals surface area contributed by atoms with Gasteiger partial charge in [0.05, 0.1) is 12.2 Å². The van der Waals surface area contributed by atoms with Crippen molar-refractivity contribution in [2.24, 2.45) is 23.7 Å². The first kappa shape index (κ1) is 11.4. The normalized spacial score (nSPS) is 45.1. The SMILES string of the molecule is CCCC(=O)[C@H]1[C@@H]2O[C@H]3[C@H](C(=O)CCC)[C@H]3[C@@H]21. The van der Waals surface area contributed by atoms with Crippen LogP contribution in [0.5, 0.6) is 0 Å². The molecule has 0 amide bonds. The summed E-state index contributed by atoms with van der Waals surface area (Å²) in [5, 5.41) is 0. The molecule has 1 saturated heterocycles. The van der Waals surface area contributed by atoms with Crippen LogP contribution in [0.25, 0.3) is 0 Å². The molecule has 1 aliphatic heterocycles. The van der Waals surface area contributed by atoms with E-state index in [2.05, 4.69) is 0 Å². The molecule has 3 heteroatoms. The van der Waals surface area contributed by atoms with Gasteiger partial charge < -0.3 is 4.74 Å². The first-order chi connectivity index (χ1) is 8.20. The Labute approximate surface area is 102 Å². The minimum Gasteiger partial charge on any atom is -0.373 e. The number of carbonyl (C=O) groups is 2. The van der Waals surface area contributed by atoms with Gasteiger partial charge in [0, 0.05) is 36.5 Å². The highest BCUT2D eigenvalue weighted by Gasteiger charge is 2.77. The fourth-order valence-corrected chi connectivity index (χ4v) is 3.68. The van der Waals surface area contributed by atoms with Crippen molar-refractivity contribution in [2.75, 3.05) is 0 Å². The van der Waals surface area contributed by atoms with Gasteiger partial charge in [0.1, 0.15) is 11.6 Å². The molecule has 2 aliphatic carbocycles. The number of rotatable bonds is 6.